The molecule has 2 aromatic carbocycles. The molecular weight excluding hydrogens is 398 g/mol. The molecule has 1 aromatic heterocycles. The van der Waals surface area contributed by atoms with Crippen LogP contribution in [-0.4, -0.2) is 34.8 Å². The van der Waals surface area contributed by atoms with Gasteiger partial charge in [0.05, 0.1) is 11.7 Å². The average Bonchev–Trinajstić information content (AvgIpc) is 3.28. The Morgan fingerprint density at radius 2 is 1.87 bits per heavy atom. The minimum Gasteiger partial charge on any atom is -0.484 e. The highest BCUT2D eigenvalue weighted by Crippen LogP contribution is 2.35. The van der Waals surface area contributed by atoms with Crippen molar-refractivity contribution in [2.75, 3.05) is 13.2 Å². The van der Waals surface area contributed by atoms with Gasteiger partial charge in [0.25, 0.3) is 5.91 Å². The highest BCUT2D eigenvalue weighted by atomic mass is 32.1. The second kappa shape index (κ2) is 9.09. The van der Waals surface area contributed by atoms with Crippen molar-refractivity contribution in [1.29, 1.82) is 0 Å². The number of primary amides is 1. The molecule has 1 saturated heterocycles. The van der Waals surface area contributed by atoms with Gasteiger partial charge in [-0.05, 0) is 43.5 Å². The molecule has 0 aliphatic carbocycles. The number of aromatic nitrogens is 1. The predicted molar refractivity (Wildman–Crippen MR) is 116 cm³/mol. The van der Waals surface area contributed by atoms with Gasteiger partial charge in [-0.1, -0.05) is 30.3 Å². The molecule has 0 radical (unpaired) electrons. The fraction of sp³-hybridized carbons (Fsp3) is 0.261. The molecule has 0 unspecified atom stereocenters. The summed E-state index contributed by atoms with van der Waals surface area (Å²) in [4.78, 5) is 30.8. The molecule has 2 N–H and O–H groups in total. The minimum absolute atomic E-state index is 0.0212. The van der Waals surface area contributed by atoms with E-state index in [1.807, 2.05) is 52.7 Å². The van der Waals surface area contributed by atoms with Crippen LogP contribution < -0.4 is 10.5 Å². The first-order valence-electron chi connectivity index (χ1n) is 9.95. The Hall–Kier alpha value is -3.19. The smallest absolute Gasteiger partial charge is 0.261 e. The summed E-state index contributed by atoms with van der Waals surface area (Å²) in [6.45, 7) is 0.733. The molecular formula is C23H23N3O3S. The Balaban J connectivity index is 1.47. The molecule has 1 fully saturated rings. The van der Waals surface area contributed by atoms with Crippen LogP contribution in [0, 0.1) is 0 Å². The summed E-state index contributed by atoms with van der Waals surface area (Å²) in [7, 11) is 0. The number of benzene rings is 2. The second-order valence-electron chi connectivity index (χ2n) is 7.21. The molecule has 2 amide bonds. The molecule has 1 atom stereocenters. The van der Waals surface area contributed by atoms with Crippen molar-refractivity contribution in [2.45, 2.75) is 25.3 Å². The molecule has 3 aromatic rings. The van der Waals surface area contributed by atoms with Crippen molar-refractivity contribution in [3.63, 3.8) is 0 Å². The van der Waals surface area contributed by atoms with Gasteiger partial charge in [-0.3, -0.25) is 9.59 Å². The molecule has 154 valence electrons. The molecule has 30 heavy (non-hydrogen) atoms. The van der Waals surface area contributed by atoms with Crippen LogP contribution in [0.2, 0.25) is 0 Å². The van der Waals surface area contributed by atoms with Gasteiger partial charge in [-0.2, -0.15) is 0 Å². The van der Waals surface area contributed by atoms with Crippen LogP contribution in [0.5, 0.6) is 5.75 Å². The van der Waals surface area contributed by atoms with Crippen molar-refractivity contribution < 1.29 is 14.3 Å². The van der Waals surface area contributed by atoms with Crippen LogP contribution in [0.3, 0.4) is 0 Å². The van der Waals surface area contributed by atoms with E-state index in [1.54, 1.807) is 23.5 Å². The lowest BCUT2D eigenvalue weighted by molar-refractivity contribution is -0.137. The summed E-state index contributed by atoms with van der Waals surface area (Å²) in [5.41, 5.74) is 7.54. The monoisotopic (exact) mass is 421 g/mol. The van der Waals surface area contributed by atoms with Crippen molar-refractivity contribution in [1.82, 2.24) is 9.88 Å². The number of amides is 2. The number of hydrogen-bond acceptors (Lipinski definition) is 5. The van der Waals surface area contributed by atoms with Crippen LogP contribution >= 0.6 is 11.3 Å². The first kappa shape index (κ1) is 20.1. The van der Waals surface area contributed by atoms with E-state index in [0.717, 1.165) is 35.5 Å². The summed E-state index contributed by atoms with van der Waals surface area (Å²) in [6.07, 6.45) is 2.95. The van der Waals surface area contributed by atoms with E-state index >= 15 is 0 Å². The van der Waals surface area contributed by atoms with E-state index in [1.165, 1.54) is 0 Å². The maximum atomic E-state index is 12.9. The Morgan fingerprint density at radius 1 is 1.10 bits per heavy atom. The molecule has 0 spiro atoms. The normalized spacial score (nSPS) is 16.3. The quantitative estimate of drug-likeness (QED) is 0.651. The number of likely N-dealkylation sites (tertiary alicyclic amines) is 1. The lowest BCUT2D eigenvalue weighted by atomic mass is 10.0. The Morgan fingerprint density at radius 3 is 2.60 bits per heavy atom. The lowest BCUT2D eigenvalue weighted by Gasteiger charge is -2.34. The van der Waals surface area contributed by atoms with Gasteiger partial charge in [0, 0.05) is 23.1 Å². The van der Waals surface area contributed by atoms with Crippen LogP contribution in [-0.2, 0) is 4.79 Å². The number of carbonyl (C=O) groups excluding carboxylic acids is 2. The van der Waals surface area contributed by atoms with E-state index < -0.39 is 5.91 Å². The van der Waals surface area contributed by atoms with Crippen molar-refractivity contribution in [3.8, 4) is 17.0 Å². The molecule has 4 rings (SSSR count). The largest absolute Gasteiger partial charge is 0.484 e. The first-order valence-corrected chi connectivity index (χ1v) is 10.8. The predicted octanol–water partition coefficient (Wildman–Crippen LogP) is 4.04. The summed E-state index contributed by atoms with van der Waals surface area (Å²) < 4.78 is 5.66. The minimum atomic E-state index is -0.449. The number of thiazole rings is 1. The van der Waals surface area contributed by atoms with E-state index in [4.69, 9.17) is 15.5 Å². The summed E-state index contributed by atoms with van der Waals surface area (Å²) >= 11 is 1.56. The van der Waals surface area contributed by atoms with Gasteiger partial charge >= 0.3 is 0 Å². The third kappa shape index (κ3) is 4.52. The number of nitrogens with zero attached hydrogens (tertiary/aromatic N) is 2. The molecule has 0 bridgehead atoms. The van der Waals surface area contributed by atoms with Gasteiger partial charge in [-0.25, -0.2) is 4.98 Å². The second-order valence-corrected chi connectivity index (χ2v) is 8.10. The van der Waals surface area contributed by atoms with Gasteiger partial charge in [0.1, 0.15) is 10.8 Å². The van der Waals surface area contributed by atoms with Crippen LogP contribution in [0.25, 0.3) is 11.3 Å². The number of para-hydroxylation sites is 1. The highest BCUT2D eigenvalue weighted by Gasteiger charge is 2.30. The average molecular weight is 422 g/mol. The Kier molecular flexibility index (Phi) is 6.09. The van der Waals surface area contributed by atoms with E-state index in [2.05, 4.69) is 0 Å². The number of rotatable bonds is 6. The number of hydrogen-bond donors (Lipinski definition) is 1. The zero-order valence-electron chi connectivity index (χ0n) is 16.5. The summed E-state index contributed by atoms with van der Waals surface area (Å²) in [5.74, 6) is 0.219. The van der Waals surface area contributed by atoms with Crippen molar-refractivity contribution >= 4 is 23.2 Å². The molecule has 1 aliphatic rings. The van der Waals surface area contributed by atoms with Crippen molar-refractivity contribution in [2.24, 2.45) is 5.73 Å². The SMILES string of the molecule is NC(=O)c1ccc(-c2csc([C@H]3CCCCN3C(=O)COc3ccccc3)n2)cc1. The summed E-state index contributed by atoms with van der Waals surface area (Å²) in [5, 5.41) is 2.92. The number of carbonyl (C=O) groups is 2. The standard InChI is InChI=1S/C23H23N3O3S/c24-22(28)17-11-9-16(10-12-17)19-15-30-23(25-19)20-8-4-5-13-26(20)21(27)14-29-18-6-2-1-3-7-18/h1-3,6-7,9-12,15,20H,4-5,8,13-14H2,(H2,24,28)/t20-/m1/s1. The maximum Gasteiger partial charge on any atom is 0.261 e. The molecule has 7 heteroatoms. The molecule has 2 heterocycles. The molecule has 0 saturated carbocycles. The topological polar surface area (TPSA) is 85.5 Å². The number of piperidine rings is 1. The third-order valence-corrected chi connectivity index (χ3v) is 6.15. The van der Waals surface area contributed by atoms with Crippen LogP contribution in [0.15, 0.2) is 60.0 Å². The van der Waals surface area contributed by atoms with Gasteiger partial charge in [0.15, 0.2) is 6.61 Å². The zero-order valence-corrected chi connectivity index (χ0v) is 17.3. The number of nitrogens with two attached hydrogens (primary N) is 1. The van der Waals surface area contributed by atoms with Gasteiger partial charge in [-0.15, -0.1) is 11.3 Å². The van der Waals surface area contributed by atoms with Gasteiger partial charge in [0.2, 0.25) is 5.91 Å². The van der Waals surface area contributed by atoms with E-state index in [9.17, 15) is 9.59 Å². The fourth-order valence-corrected chi connectivity index (χ4v) is 4.58. The third-order valence-electron chi connectivity index (χ3n) is 5.20. The fourth-order valence-electron chi connectivity index (χ4n) is 3.61. The summed E-state index contributed by atoms with van der Waals surface area (Å²) in [6, 6.07) is 16.4. The van der Waals surface area contributed by atoms with Crippen LogP contribution in [0.4, 0.5) is 0 Å². The Labute approximate surface area is 179 Å². The molecule has 1 aliphatic heterocycles. The molecule has 6 nitrogen and oxygen atoms in total. The van der Waals surface area contributed by atoms with E-state index in [0.29, 0.717) is 17.9 Å². The van der Waals surface area contributed by atoms with Crippen molar-refractivity contribution in [3.05, 3.63) is 70.5 Å². The highest BCUT2D eigenvalue weighted by molar-refractivity contribution is 7.10. The maximum absolute atomic E-state index is 12.9. The zero-order chi connectivity index (χ0) is 20.9. The van der Waals surface area contributed by atoms with E-state index in [-0.39, 0.29) is 18.6 Å². The number of ether oxygens (including phenoxy) is 1. The lowest BCUT2D eigenvalue weighted by Crippen LogP contribution is -2.41. The van der Waals surface area contributed by atoms with Crippen LogP contribution in [0.1, 0.15) is 40.7 Å². The Bertz CT molecular complexity index is 1020. The van der Waals surface area contributed by atoms with Gasteiger partial charge < -0.3 is 15.4 Å². The first-order chi connectivity index (χ1) is 14.6.